The fourth-order valence-electron chi connectivity index (χ4n) is 2.83. The summed E-state index contributed by atoms with van der Waals surface area (Å²) in [7, 11) is 0. The van der Waals surface area contributed by atoms with Crippen LogP contribution in [0.25, 0.3) is 0 Å². The first-order valence-corrected chi connectivity index (χ1v) is 7.38. The van der Waals surface area contributed by atoms with E-state index in [9.17, 15) is 4.39 Å². The molecule has 0 amide bonds. The van der Waals surface area contributed by atoms with Crippen LogP contribution in [-0.4, -0.2) is 25.1 Å². The summed E-state index contributed by atoms with van der Waals surface area (Å²) in [6, 6.07) is 4.67. The summed E-state index contributed by atoms with van der Waals surface area (Å²) in [5.74, 6) is -0.682. The van der Waals surface area contributed by atoms with Crippen molar-refractivity contribution < 1.29 is 18.6 Å². The van der Waals surface area contributed by atoms with Crippen molar-refractivity contribution in [3.05, 3.63) is 34.6 Å². The molecule has 2 aliphatic rings. The summed E-state index contributed by atoms with van der Waals surface area (Å²) in [6.07, 6.45) is 3.61. The second-order valence-electron chi connectivity index (χ2n) is 5.35. The van der Waals surface area contributed by atoms with E-state index in [1.54, 1.807) is 12.1 Å². The molecule has 3 nitrogen and oxygen atoms in total. The van der Waals surface area contributed by atoms with E-state index in [1.807, 2.05) is 0 Å². The quantitative estimate of drug-likeness (QED) is 0.852. The monoisotopic (exact) mass is 300 g/mol. The van der Waals surface area contributed by atoms with Crippen molar-refractivity contribution in [2.24, 2.45) is 0 Å². The van der Waals surface area contributed by atoms with Gasteiger partial charge in [0.2, 0.25) is 0 Å². The molecule has 1 aliphatic carbocycles. The highest BCUT2D eigenvalue weighted by atomic mass is 35.5. The zero-order valence-corrected chi connectivity index (χ0v) is 12.0. The van der Waals surface area contributed by atoms with E-state index in [0.29, 0.717) is 23.8 Å². The van der Waals surface area contributed by atoms with Crippen molar-refractivity contribution in [3.63, 3.8) is 0 Å². The van der Waals surface area contributed by atoms with Gasteiger partial charge in [0, 0.05) is 23.4 Å². The van der Waals surface area contributed by atoms with Crippen LogP contribution in [0.4, 0.5) is 4.39 Å². The van der Waals surface area contributed by atoms with Crippen LogP contribution in [0, 0.1) is 5.82 Å². The Bertz CT molecular complexity index is 464. The van der Waals surface area contributed by atoms with Gasteiger partial charge in [-0.3, -0.25) is 0 Å². The van der Waals surface area contributed by atoms with Gasteiger partial charge in [0.05, 0.1) is 25.9 Å². The van der Waals surface area contributed by atoms with Crippen LogP contribution in [0.5, 0.6) is 0 Å². The molecule has 0 radical (unpaired) electrons. The van der Waals surface area contributed by atoms with Gasteiger partial charge < -0.3 is 14.2 Å². The van der Waals surface area contributed by atoms with E-state index in [1.165, 1.54) is 6.07 Å². The van der Waals surface area contributed by atoms with E-state index in [0.717, 1.165) is 25.7 Å². The summed E-state index contributed by atoms with van der Waals surface area (Å²) in [4.78, 5) is 0. The maximum Gasteiger partial charge on any atom is 0.168 e. The molecule has 1 aromatic rings. The lowest BCUT2D eigenvalue weighted by molar-refractivity contribution is -0.192. The zero-order chi connectivity index (χ0) is 14.0. The SMILES string of the molecule is Fc1cc(Cl)ccc1COC1CCC2(CC1)OCCO2. The van der Waals surface area contributed by atoms with E-state index in [2.05, 4.69) is 0 Å². The number of rotatable bonds is 3. The van der Waals surface area contributed by atoms with Crippen molar-refractivity contribution in [3.8, 4) is 0 Å². The van der Waals surface area contributed by atoms with Crippen molar-refractivity contribution in [1.82, 2.24) is 0 Å². The molecule has 0 unspecified atom stereocenters. The number of hydrogen-bond acceptors (Lipinski definition) is 3. The maximum atomic E-state index is 13.6. The minimum atomic E-state index is -0.370. The zero-order valence-electron chi connectivity index (χ0n) is 11.2. The highest BCUT2D eigenvalue weighted by molar-refractivity contribution is 6.30. The van der Waals surface area contributed by atoms with Gasteiger partial charge in [0.1, 0.15) is 5.82 Å². The first-order valence-electron chi connectivity index (χ1n) is 7.00. The highest BCUT2D eigenvalue weighted by Crippen LogP contribution is 2.36. The predicted octanol–water partition coefficient (Wildman–Crippen LogP) is 3.68. The lowest BCUT2D eigenvalue weighted by Gasteiger charge is -2.35. The standard InChI is InChI=1S/C15H18ClFO3/c16-12-2-1-11(14(17)9-12)10-18-13-3-5-15(6-4-13)19-7-8-20-15/h1-2,9,13H,3-8,10H2. The summed E-state index contributed by atoms with van der Waals surface area (Å²) in [6.45, 7) is 1.64. The van der Waals surface area contributed by atoms with Gasteiger partial charge in [0.25, 0.3) is 0 Å². The Morgan fingerprint density at radius 3 is 2.60 bits per heavy atom. The lowest BCUT2D eigenvalue weighted by Crippen LogP contribution is -2.37. The Morgan fingerprint density at radius 2 is 1.95 bits per heavy atom. The molecule has 2 fully saturated rings. The average molecular weight is 301 g/mol. The highest BCUT2D eigenvalue weighted by Gasteiger charge is 2.40. The summed E-state index contributed by atoms with van der Waals surface area (Å²) in [5.41, 5.74) is 0.544. The Morgan fingerprint density at radius 1 is 1.25 bits per heavy atom. The van der Waals surface area contributed by atoms with Gasteiger partial charge >= 0.3 is 0 Å². The van der Waals surface area contributed by atoms with Crippen molar-refractivity contribution in [2.45, 2.75) is 44.2 Å². The largest absolute Gasteiger partial charge is 0.373 e. The van der Waals surface area contributed by atoms with Gasteiger partial charge in [-0.25, -0.2) is 4.39 Å². The molecule has 5 heteroatoms. The molecule has 1 saturated heterocycles. The van der Waals surface area contributed by atoms with Crippen LogP contribution in [0.1, 0.15) is 31.2 Å². The van der Waals surface area contributed by atoms with Gasteiger partial charge in [-0.1, -0.05) is 17.7 Å². The smallest absolute Gasteiger partial charge is 0.168 e. The molecule has 0 bridgehead atoms. The topological polar surface area (TPSA) is 27.7 Å². The molecular weight excluding hydrogens is 283 g/mol. The van der Waals surface area contributed by atoms with Crippen molar-refractivity contribution in [1.29, 1.82) is 0 Å². The summed E-state index contributed by atoms with van der Waals surface area (Å²) >= 11 is 5.73. The third-order valence-corrected chi connectivity index (χ3v) is 4.23. The molecule has 1 heterocycles. The Balaban J connectivity index is 1.50. The van der Waals surface area contributed by atoms with Crippen molar-refractivity contribution in [2.75, 3.05) is 13.2 Å². The molecule has 1 saturated carbocycles. The Hall–Kier alpha value is -0.680. The van der Waals surface area contributed by atoms with Gasteiger partial charge in [-0.2, -0.15) is 0 Å². The van der Waals surface area contributed by atoms with Gasteiger partial charge in [-0.05, 0) is 25.0 Å². The molecule has 1 aliphatic heterocycles. The molecule has 3 rings (SSSR count). The third kappa shape index (κ3) is 3.14. The summed E-state index contributed by atoms with van der Waals surface area (Å²) in [5, 5.41) is 0.404. The molecule has 20 heavy (non-hydrogen) atoms. The molecule has 110 valence electrons. The number of ether oxygens (including phenoxy) is 3. The second kappa shape index (κ2) is 5.98. The fourth-order valence-corrected chi connectivity index (χ4v) is 2.99. The molecular formula is C15H18ClFO3. The minimum absolute atomic E-state index is 0.142. The predicted molar refractivity (Wildman–Crippen MR) is 73.1 cm³/mol. The van der Waals surface area contributed by atoms with Crippen LogP contribution < -0.4 is 0 Å². The minimum Gasteiger partial charge on any atom is -0.373 e. The number of benzene rings is 1. The van der Waals surface area contributed by atoms with Crippen molar-refractivity contribution >= 4 is 11.6 Å². The van der Waals surface area contributed by atoms with Crippen LogP contribution in [0.2, 0.25) is 5.02 Å². The van der Waals surface area contributed by atoms with Crippen LogP contribution in [0.15, 0.2) is 18.2 Å². The normalized spacial score (nSPS) is 22.5. The average Bonchev–Trinajstić information content (AvgIpc) is 2.88. The van der Waals surface area contributed by atoms with E-state index in [4.69, 9.17) is 25.8 Å². The molecule has 1 aromatic carbocycles. The summed E-state index contributed by atoms with van der Waals surface area (Å²) < 4.78 is 30.8. The van der Waals surface area contributed by atoms with E-state index in [-0.39, 0.29) is 24.3 Å². The number of hydrogen-bond donors (Lipinski definition) is 0. The van der Waals surface area contributed by atoms with Gasteiger partial charge in [-0.15, -0.1) is 0 Å². The first-order chi connectivity index (χ1) is 9.67. The van der Waals surface area contributed by atoms with E-state index >= 15 is 0 Å². The molecule has 0 atom stereocenters. The van der Waals surface area contributed by atoms with E-state index < -0.39 is 0 Å². The second-order valence-corrected chi connectivity index (χ2v) is 5.79. The Kier molecular flexibility index (Phi) is 4.26. The third-order valence-electron chi connectivity index (χ3n) is 4.00. The Labute approximate surface area is 123 Å². The van der Waals surface area contributed by atoms with Crippen LogP contribution >= 0.6 is 11.6 Å². The van der Waals surface area contributed by atoms with Crippen LogP contribution in [-0.2, 0) is 20.8 Å². The fraction of sp³-hybridized carbons (Fsp3) is 0.600. The lowest BCUT2D eigenvalue weighted by atomic mass is 9.92. The maximum absolute atomic E-state index is 13.6. The molecule has 0 aromatic heterocycles. The molecule has 1 spiro atoms. The number of halogens is 2. The molecule has 0 N–H and O–H groups in total. The van der Waals surface area contributed by atoms with Gasteiger partial charge in [0.15, 0.2) is 5.79 Å². The first kappa shape index (κ1) is 14.3. The van der Waals surface area contributed by atoms with Crippen LogP contribution in [0.3, 0.4) is 0 Å².